The van der Waals surface area contributed by atoms with E-state index in [2.05, 4.69) is 90.0 Å². The van der Waals surface area contributed by atoms with E-state index in [0.29, 0.717) is 30.8 Å². The van der Waals surface area contributed by atoms with Gasteiger partial charge in [-0.05, 0) is 106 Å². The maximum absolute atomic E-state index is 14.6. The highest BCUT2D eigenvalue weighted by atomic mass is 16.5. The molecule has 0 aliphatic heterocycles. The average Bonchev–Trinajstić information content (AvgIpc) is 3.03. The maximum Gasteiger partial charge on any atom is 0.331 e. The number of likely N-dealkylation sites (N-methyl/N-ethyl adjacent to an activating group) is 1. The highest BCUT2D eigenvalue weighted by Crippen LogP contribution is 2.54. The third kappa shape index (κ3) is 11.5. The van der Waals surface area contributed by atoms with Crippen molar-refractivity contribution in [3.05, 3.63) is 23.3 Å². The lowest BCUT2D eigenvalue weighted by Crippen LogP contribution is -2.54. The number of nitrogens with zero attached hydrogens (tertiary/aromatic N) is 1. The number of carbonyl (C=O) groups is 3. The second-order valence-corrected chi connectivity index (χ2v) is 20.9. The number of aliphatic hydroxyl groups is 1. The van der Waals surface area contributed by atoms with Crippen LogP contribution in [0, 0.1) is 39.4 Å². The Kier molecular flexibility index (Phi) is 16.1. The van der Waals surface area contributed by atoms with E-state index in [-0.39, 0.29) is 59.2 Å². The fraction of sp³-hybridized carbons (Fsp3) is 0.800. The van der Waals surface area contributed by atoms with Crippen LogP contribution >= 0.6 is 0 Å². The second-order valence-electron chi connectivity index (χ2n) is 20.9. The Morgan fingerprint density at radius 2 is 1.20 bits per heavy atom. The third-order valence-electron chi connectivity index (χ3n) is 12.4. The van der Waals surface area contributed by atoms with Crippen molar-refractivity contribution in [2.75, 3.05) is 41.5 Å². The number of ether oxygens (including phenoxy) is 4. The molecule has 0 saturated heterocycles. The molecule has 0 bridgehead atoms. The molecule has 0 aromatic heterocycles. The summed E-state index contributed by atoms with van der Waals surface area (Å²) in [6.45, 7) is 34.7. The summed E-state index contributed by atoms with van der Waals surface area (Å²) in [5.41, 5.74) is -2.59. The van der Waals surface area contributed by atoms with Crippen molar-refractivity contribution >= 4 is 17.9 Å². The third-order valence-corrected chi connectivity index (χ3v) is 12.4. The van der Waals surface area contributed by atoms with Crippen molar-refractivity contribution in [3.63, 3.8) is 0 Å². The molecule has 6 atom stereocenters. The van der Waals surface area contributed by atoms with Crippen LogP contribution in [-0.2, 0) is 34.7 Å². The molecule has 6 unspecified atom stereocenters. The molecule has 0 fully saturated rings. The zero-order chi connectivity index (χ0) is 42.6. The summed E-state index contributed by atoms with van der Waals surface area (Å²) in [5, 5.41) is 9.62. The topological polar surface area (TPSA) is 112 Å². The van der Waals surface area contributed by atoms with Gasteiger partial charge in [0.2, 0.25) is 0 Å². The van der Waals surface area contributed by atoms with Crippen molar-refractivity contribution in [1.82, 2.24) is 4.90 Å². The van der Waals surface area contributed by atoms with Crippen molar-refractivity contribution in [2.45, 2.75) is 153 Å². The Morgan fingerprint density at radius 3 is 1.57 bits per heavy atom. The lowest BCUT2D eigenvalue weighted by molar-refractivity contribution is -0.168. The summed E-state index contributed by atoms with van der Waals surface area (Å²) >= 11 is 0. The van der Waals surface area contributed by atoms with Crippen LogP contribution in [0.1, 0.15) is 148 Å². The highest BCUT2D eigenvalue weighted by molar-refractivity contribution is 5.83. The first-order chi connectivity index (χ1) is 24.2. The molecule has 0 amide bonds. The predicted octanol–water partition coefficient (Wildman–Crippen LogP) is 9.39. The van der Waals surface area contributed by atoms with Gasteiger partial charge in [0.15, 0.2) is 0 Å². The molecule has 1 aromatic rings. The normalized spacial score (nSPS) is 18.1. The van der Waals surface area contributed by atoms with Gasteiger partial charge in [-0.15, -0.1) is 0 Å². The summed E-state index contributed by atoms with van der Waals surface area (Å²) in [6.07, 6.45) is 1.38. The minimum atomic E-state index is -1.08. The molecule has 1 aromatic carbocycles. The first-order valence-electron chi connectivity index (χ1n) is 19.7. The molecular formula is C45H79NO8. The lowest BCUT2D eigenvalue weighted by Gasteiger charge is -2.50. The van der Waals surface area contributed by atoms with Gasteiger partial charge in [0.05, 0.1) is 31.7 Å². The van der Waals surface area contributed by atoms with Crippen LogP contribution in [0.15, 0.2) is 12.1 Å². The Hall–Kier alpha value is -2.65. The zero-order valence-electron chi connectivity index (χ0n) is 38.2. The number of hydrogen-bond donors (Lipinski definition) is 1. The predicted molar refractivity (Wildman–Crippen MR) is 219 cm³/mol. The van der Waals surface area contributed by atoms with E-state index in [0.717, 1.165) is 11.1 Å². The van der Waals surface area contributed by atoms with Crippen LogP contribution < -0.4 is 9.47 Å². The van der Waals surface area contributed by atoms with Gasteiger partial charge in [0, 0.05) is 11.1 Å². The van der Waals surface area contributed by atoms with E-state index in [4.69, 9.17) is 18.9 Å². The Bertz CT molecular complexity index is 1410. The second kappa shape index (κ2) is 17.7. The molecular weight excluding hydrogens is 682 g/mol. The molecule has 0 radical (unpaired) electrons. The lowest BCUT2D eigenvalue weighted by atomic mass is 9.54. The monoisotopic (exact) mass is 762 g/mol. The Labute approximate surface area is 329 Å². The van der Waals surface area contributed by atoms with Gasteiger partial charge in [-0.3, -0.25) is 14.5 Å². The Morgan fingerprint density at radius 1 is 0.722 bits per heavy atom. The fourth-order valence-electron chi connectivity index (χ4n) is 8.45. The van der Waals surface area contributed by atoms with Crippen LogP contribution in [0.2, 0.25) is 0 Å². The molecule has 1 rings (SSSR count). The van der Waals surface area contributed by atoms with Crippen molar-refractivity contribution in [2.24, 2.45) is 39.4 Å². The minimum Gasteiger partial charge on any atom is -0.497 e. The molecule has 1 N–H and O–H groups in total. The van der Waals surface area contributed by atoms with Crippen LogP contribution in [0.4, 0.5) is 0 Å². The SMILES string of the molecule is COC(=O)C(C)(CC(C)(C)C)C(C)C(C)(C)CC(C)(C(=O)OCCO)C(C)C(C)CC(C)(C(=O)Oc1c(C(C)(C)C)cc(OC)cc1C(C)(C)C)N(C)C. The molecule has 0 aliphatic rings. The van der Waals surface area contributed by atoms with E-state index in [1.54, 1.807) is 7.11 Å². The number of carbonyl (C=O) groups excluding carboxylic acids is 3. The van der Waals surface area contributed by atoms with E-state index in [1.165, 1.54) is 7.11 Å². The van der Waals surface area contributed by atoms with Crippen molar-refractivity contribution in [3.8, 4) is 11.5 Å². The number of methoxy groups -OCH3 is 2. The maximum atomic E-state index is 14.6. The molecule has 312 valence electrons. The van der Waals surface area contributed by atoms with Crippen LogP contribution in [0.25, 0.3) is 0 Å². The number of aliphatic hydroxyl groups excluding tert-OH is 1. The van der Waals surface area contributed by atoms with Gasteiger partial charge >= 0.3 is 17.9 Å². The molecule has 9 nitrogen and oxygen atoms in total. The van der Waals surface area contributed by atoms with Gasteiger partial charge in [-0.2, -0.15) is 0 Å². The molecule has 0 aliphatic carbocycles. The standard InChI is InChI=1S/C45H79NO8/c1-29(26-45(17,46(18)19)38(50)54-35-33(40(7,8)9)24-32(51-20)25-34(35)41(10,11)12)30(2)43(15,37(49)53-23-22-47)28-42(13,14)31(3)44(16,36(48)52-21)27-39(4,5)6/h24-25,29-31,47H,22-23,26-28H2,1-21H3. The zero-order valence-corrected chi connectivity index (χ0v) is 38.2. The van der Waals surface area contributed by atoms with Gasteiger partial charge in [-0.1, -0.05) is 96.9 Å². The first kappa shape index (κ1) is 49.4. The number of benzene rings is 1. The largest absolute Gasteiger partial charge is 0.497 e. The van der Waals surface area contributed by atoms with Gasteiger partial charge < -0.3 is 24.1 Å². The summed E-state index contributed by atoms with van der Waals surface area (Å²) in [4.78, 5) is 44.2. The fourth-order valence-corrected chi connectivity index (χ4v) is 8.45. The van der Waals surface area contributed by atoms with Crippen molar-refractivity contribution < 1.29 is 38.4 Å². The quantitative estimate of drug-likeness (QED) is 0.123. The molecule has 9 heteroatoms. The van der Waals surface area contributed by atoms with Gasteiger partial charge in [0.25, 0.3) is 0 Å². The number of esters is 3. The van der Waals surface area contributed by atoms with Crippen LogP contribution in [-0.4, -0.2) is 75.0 Å². The van der Waals surface area contributed by atoms with Gasteiger partial charge in [0.1, 0.15) is 23.6 Å². The van der Waals surface area contributed by atoms with E-state index < -0.39 is 27.8 Å². The molecule has 54 heavy (non-hydrogen) atoms. The smallest absolute Gasteiger partial charge is 0.331 e. The number of hydrogen-bond acceptors (Lipinski definition) is 9. The van der Waals surface area contributed by atoms with E-state index in [9.17, 15) is 19.5 Å². The molecule has 0 saturated carbocycles. The summed E-state index contributed by atoms with van der Waals surface area (Å²) in [6, 6.07) is 3.91. The number of rotatable bonds is 17. The summed E-state index contributed by atoms with van der Waals surface area (Å²) in [5.74, 6) is -0.472. The summed E-state index contributed by atoms with van der Waals surface area (Å²) < 4.78 is 23.3. The average molecular weight is 762 g/mol. The molecule has 0 spiro atoms. The first-order valence-corrected chi connectivity index (χ1v) is 19.7. The van der Waals surface area contributed by atoms with Gasteiger partial charge in [-0.25, -0.2) is 4.79 Å². The van der Waals surface area contributed by atoms with Crippen LogP contribution in [0.5, 0.6) is 11.5 Å². The summed E-state index contributed by atoms with van der Waals surface area (Å²) in [7, 11) is 6.83. The highest BCUT2D eigenvalue weighted by Gasteiger charge is 2.54. The van der Waals surface area contributed by atoms with Crippen molar-refractivity contribution in [1.29, 1.82) is 0 Å². The molecule has 0 heterocycles. The Balaban J connectivity index is 3.80. The van der Waals surface area contributed by atoms with Crippen LogP contribution in [0.3, 0.4) is 0 Å². The van der Waals surface area contributed by atoms with E-state index in [1.807, 2.05) is 58.8 Å². The van der Waals surface area contributed by atoms with E-state index >= 15 is 0 Å². The minimum absolute atomic E-state index is 0.120.